The lowest BCUT2D eigenvalue weighted by atomic mass is 10.1. The maximum atomic E-state index is 5.30. The molecule has 266 valence electrons. The molecule has 0 aliphatic carbocycles. The third kappa shape index (κ3) is 4.74. The average Bonchev–Trinajstić information content (AvgIpc) is 3.92. The van der Waals surface area contributed by atoms with Crippen molar-refractivity contribution in [3.63, 3.8) is 0 Å². The zero-order valence-corrected chi connectivity index (χ0v) is 30.7. The smallest absolute Gasteiger partial charge is 0.238 e. The molecule has 0 fully saturated rings. The van der Waals surface area contributed by atoms with Gasteiger partial charge in [-0.25, -0.2) is 4.98 Å². The molecule has 0 aliphatic heterocycles. The molecule has 6 heteroatoms. The van der Waals surface area contributed by atoms with Crippen molar-refractivity contribution >= 4 is 65.4 Å². The predicted molar refractivity (Wildman–Crippen MR) is 234 cm³/mol. The number of benzene rings is 8. The standard InChI is InChI=1S/C51H32N6/c1-3-16-33(17-4-1)49-52-50(34-18-5-2-6-19-34)54-51(53-49)57-46-31-30-35(55-42-25-11-7-20-36(42)37-21-8-12-26-43(37)55)32-41(46)40-24-15-29-47(48(40)57)56-44-27-13-9-22-38(44)39-23-10-14-28-45(39)56/h1-32H. The van der Waals surface area contributed by atoms with E-state index in [9.17, 15) is 0 Å². The molecule has 0 unspecified atom stereocenters. The summed E-state index contributed by atoms with van der Waals surface area (Å²) < 4.78 is 7.03. The topological polar surface area (TPSA) is 53.5 Å². The number of aromatic nitrogens is 6. The fourth-order valence-corrected chi connectivity index (χ4v) is 8.85. The molecule has 4 aromatic heterocycles. The summed E-state index contributed by atoms with van der Waals surface area (Å²) in [6.07, 6.45) is 0. The summed E-state index contributed by atoms with van der Waals surface area (Å²) >= 11 is 0. The lowest BCUT2D eigenvalue weighted by Gasteiger charge is -2.14. The van der Waals surface area contributed by atoms with Gasteiger partial charge in [-0.2, -0.15) is 9.97 Å². The van der Waals surface area contributed by atoms with Crippen molar-refractivity contribution in [1.29, 1.82) is 0 Å². The van der Waals surface area contributed by atoms with Crippen LogP contribution in [0.4, 0.5) is 0 Å². The molecular formula is C51H32N6. The molecule has 0 saturated carbocycles. The van der Waals surface area contributed by atoms with E-state index in [1.54, 1.807) is 0 Å². The van der Waals surface area contributed by atoms with Gasteiger partial charge in [0.15, 0.2) is 11.6 Å². The number of hydrogen-bond donors (Lipinski definition) is 0. The summed E-state index contributed by atoms with van der Waals surface area (Å²) in [5.74, 6) is 1.79. The first-order chi connectivity index (χ1) is 28.3. The molecule has 0 aliphatic rings. The highest BCUT2D eigenvalue weighted by molar-refractivity contribution is 6.16. The highest BCUT2D eigenvalue weighted by atomic mass is 15.2. The van der Waals surface area contributed by atoms with E-state index in [2.05, 4.69) is 171 Å². The summed E-state index contributed by atoms with van der Waals surface area (Å²) in [4.78, 5) is 15.7. The van der Waals surface area contributed by atoms with E-state index in [0.717, 1.165) is 55.3 Å². The van der Waals surface area contributed by atoms with Crippen molar-refractivity contribution < 1.29 is 0 Å². The van der Waals surface area contributed by atoms with Crippen LogP contribution in [0.5, 0.6) is 0 Å². The molecule has 12 rings (SSSR count). The minimum atomic E-state index is 0.556. The summed E-state index contributed by atoms with van der Waals surface area (Å²) in [5, 5.41) is 7.09. The fourth-order valence-electron chi connectivity index (χ4n) is 8.85. The predicted octanol–water partition coefficient (Wildman–Crippen LogP) is 12.5. The Morgan fingerprint density at radius 1 is 0.298 bits per heavy atom. The van der Waals surface area contributed by atoms with Gasteiger partial charge < -0.3 is 9.13 Å². The van der Waals surface area contributed by atoms with E-state index >= 15 is 0 Å². The van der Waals surface area contributed by atoms with E-state index < -0.39 is 0 Å². The van der Waals surface area contributed by atoms with Crippen LogP contribution in [0.2, 0.25) is 0 Å². The SMILES string of the molecule is c1ccc(-c2nc(-c3ccccc3)nc(-n3c4ccc(-n5c6ccccc6c6ccccc65)cc4c4cccc(-n5c6ccccc6c6ccccc65)c43)n2)cc1. The monoisotopic (exact) mass is 728 g/mol. The lowest BCUT2D eigenvalue weighted by Crippen LogP contribution is -2.08. The molecule has 8 aromatic carbocycles. The molecule has 0 bridgehead atoms. The van der Waals surface area contributed by atoms with Crippen LogP contribution in [0.25, 0.3) is 106 Å². The van der Waals surface area contributed by atoms with Gasteiger partial charge in [-0.15, -0.1) is 0 Å². The Morgan fingerprint density at radius 2 is 0.737 bits per heavy atom. The van der Waals surface area contributed by atoms with E-state index in [1.165, 1.54) is 32.6 Å². The Kier molecular flexibility index (Phi) is 6.83. The third-order valence-corrected chi connectivity index (χ3v) is 11.3. The molecule has 0 amide bonds. The fraction of sp³-hybridized carbons (Fsp3) is 0. The molecule has 0 radical (unpaired) electrons. The summed E-state index contributed by atoms with van der Waals surface area (Å²) in [6.45, 7) is 0. The van der Waals surface area contributed by atoms with Crippen molar-refractivity contribution in [3.05, 3.63) is 194 Å². The van der Waals surface area contributed by atoms with Crippen LogP contribution in [0.15, 0.2) is 194 Å². The second-order valence-corrected chi connectivity index (χ2v) is 14.5. The van der Waals surface area contributed by atoms with Gasteiger partial charge in [0, 0.05) is 49.1 Å². The third-order valence-electron chi connectivity index (χ3n) is 11.3. The Bertz CT molecular complexity index is 3360. The molecule has 0 atom stereocenters. The normalized spacial score (nSPS) is 11.9. The van der Waals surface area contributed by atoms with Crippen LogP contribution >= 0.6 is 0 Å². The van der Waals surface area contributed by atoms with E-state index in [1.807, 2.05) is 36.4 Å². The van der Waals surface area contributed by atoms with E-state index in [-0.39, 0.29) is 0 Å². The number of hydrogen-bond acceptors (Lipinski definition) is 3. The van der Waals surface area contributed by atoms with Crippen molar-refractivity contribution in [2.75, 3.05) is 0 Å². The van der Waals surface area contributed by atoms with Gasteiger partial charge >= 0.3 is 0 Å². The lowest BCUT2D eigenvalue weighted by molar-refractivity contribution is 0.949. The Balaban J connectivity index is 1.23. The summed E-state index contributed by atoms with van der Waals surface area (Å²) in [5.41, 5.74) is 10.6. The quantitative estimate of drug-likeness (QED) is 0.177. The van der Waals surface area contributed by atoms with Crippen LogP contribution in [-0.4, -0.2) is 28.7 Å². The zero-order chi connectivity index (χ0) is 37.5. The van der Waals surface area contributed by atoms with Gasteiger partial charge in [-0.3, -0.25) is 4.57 Å². The maximum absolute atomic E-state index is 5.30. The molecule has 0 spiro atoms. The van der Waals surface area contributed by atoms with Crippen molar-refractivity contribution in [1.82, 2.24) is 28.7 Å². The van der Waals surface area contributed by atoms with Gasteiger partial charge in [0.1, 0.15) is 0 Å². The maximum Gasteiger partial charge on any atom is 0.238 e. The van der Waals surface area contributed by atoms with Crippen molar-refractivity contribution in [2.24, 2.45) is 0 Å². The molecule has 0 saturated heterocycles. The average molecular weight is 729 g/mol. The first-order valence-electron chi connectivity index (χ1n) is 19.2. The number of rotatable bonds is 5. The minimum absolute atomic E-state index is 0.556. The van der Waals surface area contributed by atoms with Gasteiger partial charge in [0.25, 0.3) is 0 Å². The Morgan fingerprint density at radius 3 is 1.26 bits per heavy atom. The first-order valence-corrected chi connectivity index (χ1v) is 19.2. The first kappa shape index (κ1) is 31.5. The highest BCUT2D eigenvalue weighted by Gasteiger charge is 2.23. The molecule has 4 heterocycles. The van der Waals surface area contributed by atoms with Gasteiger partial charge in [-0.1, -0.05) is 146 Å². The molecule has 12 aromatic rings. The van der Waals surface area contributed by atoms with Crippen LogP contribution < -0.4 is 0 Å². The molecule has 57 heavy (non-hydrogen) atoms. The van der Waals surface area contributed by atoms with Crippen molar-refractivity contribution in [2.45, 2.75) is 0 Å². The van der Waals surface area contributed by atoms with Gasteiger partial charge in [0.2, 0.25) is 5.95 Å². The van der Waals surface area contributed by atoms with Crippen LogP contribution in [0.1, 0.15) is 0 Å². The second-order valence-electron chi connectivity index (χ2n) is 14.5. The van der Waals surface area contributed by atoms with E-state index in [0.29, 0.717) is 17.6 Å². The number of para-hydroxylation sites is 5. The Labute approximate surface area is 327 Å². The highest BCUT2D eigenvalue weighted by Crippen LogP contribution is 2.41. The van der Waals surface area contributed by atoms with Crippen LogP contribution in [-0.2, 0) is 0 Å². The zero-order valence-electron chi connectivity index (χ0n) is 30.7. The molecule has 0 N–H and O–H groups in total. The van der Waals surface area contributed by atoms with Gasteiger partial charge in [-0.05, 0) is 48.5 Å². The largest absolute Gasteiger partial charge is 0.309 e. The summed E-state index contributed by atoms with van der Waals surface area (Å²) in [7, 11) is 0. The van der Waals surface area contributed by atoms with Crippen LogP contribution in [0, 0.1) is 0 Å². The molecular weight excluding hydrogens is 697 g/mol. The van der Waals surface area contributed by atoms with Crippen LogP contribution in [0.3, 0.4) is 0 Å². The van der Waals surface area contributed by atoms with E-state index in [4.69, 9.17) is 15.0 Å². The second kappa shape index (κ2) is 12.3. The summed E-state index contributed by atoms with van der Waals surface area (Å²) in [6, 6.07) is 68.5. The van der Waals surface area contributed by atoms with Crippen molar-refractivity contribution in [3.8, 4) is 40.1 Å². The number of nitrogens with zero attached hydrogens (tertiary/aromatic N) is 6. The number of fused-ring (bicyclic) bond motifs is 9. The van der Waals surface area contributed by atoms with Gasteiger partial charge in [0.05, 0.1) is 38.8 Å². The minimum Gasteiger partial charge on any atom is -0.309 e. The molecule has 6 nitrogen and oxygen atoms in total. The Hall–Kier alpha value is -7.83.